The van der Waals surface area contributed by atoms with E-state index in [2.05, 4.69) is 0 Å². The SMILES string of the molecule is O=C(c1ccccc1)N1CCN(C(=O)c2cccc(C(F)(F)F)c2)CC1. The summed E-state index contributed by atoms with van der Waals surface area (Å²) in [7, 11) is 0. The van der Waals surface area contributed by atoms with Gasteiger partial charge in [-0.3, -0.25) is 9.59 Å². The molecule has 1 aliphatic rings. The summed E-state index contributed by atoms with van der Waals surface area (Å²) in [6.07, 6.45) is -4.49. The van der Waals surface area contributed by atoms with Crippen molar-refractivity contribution in [2.45, 2.75) is 6.18 Å². The first-order chi connectivity index (χ1) is 12.4. The van der Waals surface area contributed by atoms with E-state index in [0.29, 0.717) is 18.7 Å². The summed E-state index contributed by atoms with van der Waals surface area (Å²) in [6, 6.07) is 13.2. The Morgan fingerprint density at radius 3 is 1.77 bits per heavy atom. The average Bonchev–Trinajstić information content (AvgIpc) is 2.67. The van der Waals surface area contributed by atoms with Crippen LogP contribution >= 0.6 is 0 Å². The van der Waals surface area contributed by atoms with Crippen LogP contribution in [0.1, 0.15) is 26.3 Å². The van der Waals surface area contributed by atoms with Crippen LogP contribution in [0.4, 0.5) is 13.2 Å². The Bertz CT molecular complexity index is 798. The van der Waals surface area contributed by atoms with Crippen LogP contribution in [0.2, 0.25) is 0 Å². The fourth-order valence-electron chi connectivity index (χ4n) is 2.89. The van der Waals surface area contributed by atoms with E-state index >= 15 is 0 Å². The summed E-state index contributed by atoms with van der Waals surface area (Å²) in [4.78, 5) is 28.0. The summed E-state index contributed by atoms with van der Waals surface area (Å²) in [6.45, 7) is 1.26. The van der Waals surface area contributed by atoms with Crippen LogP contribution in [0.5, 0.6) is 0 Å². The highest BCUT2D eigenvalue weighted by Crippen LogP contribution is 2.29. The predicted octanol–water partition coefficient (Wildman–Crippen LogP) is 3.30. The molecule has 3 rings (SSSR count). The molecule has 0 spiro atoms. The molecule has 0 N–H and O–H groups in total. The number of alkyl halides is 3. The molecular formula is C19H17F3N2O2. The van der Waals surface area contributed by atoms with E-state index in [9.17, 15) is 22.8 Å². The monoisotopic (exact) mass is 362 g/mol. The van der Waals surface area contributed by atoms with Crippen LogP contribution < -0.4 is 0 Å². The van der Waals surface area contributed by atoms with Crippen LogP contribution in [0.25, 0.3) is 0 Å². The topological polar surface area (TPSA) is 40.6 Å². The van der Waals surface area contributed by atoms with Crippen molar-refractivity contribution in [3.63, 3.8) is 0 Å². The van der Waals surface area contributed by atoms with Gasteiger partial charge in [0.1, 0.15) is 0 Å². The molecule has 1 aliphatic heterocycles. The Kier molecular flexibility index (Phi) is 4.97. The zero-order valence-corrected chi connectivity index (χ0v) is 13.9. The molecule has 0 aromatic heterocycles. The Labute approximate surface area is 148 Å². The van der Waals surface area contributed by atoms with Gasteiger partial charge in [-0.1, -0.05) is 24.3 Å². The molecule has 0 radical (unpaired) electrons. The third kappa shape index (κ3) is 3.87. The average molecular weight is 362 g/mol. The second-order valence-electron chi connectivity index (χ2n) is 6.03. The molecule has 1 fully saturated rings. The molecule has 1 heterocycles. The van der Waals surface area contributed by atoms with Crippen molar-refractivity contribution in [3.8, 4) is 0 Å². The van der Waals surface area contributed by atoms with Crippen molar-refractivity contribution in [2.75, 3.05) is 26.2 Å². The van der Waals surface area contributed by atoms with Crippen LogP contribution in [-0.4, -0.2) is 47.8 Å². The summed E-state index contributed by atoms with van der Waals surface area (Å²) >= 11 is 0. The lowest BCUT2D eigenvalue weighted by molar-refractivity contribution is -0.137. The van der Waals surface area contributed by atoms with Gasteiger partial charge in [0, 0.05) is 37.3 Å². The largest absolute Gasteiger partial charge is 0.416 e. The first-order valence-corrected chi connectivity index (χ1v) is 8.17. The van der Waals surface area contributed by atoms with Crippen molar-refractivity contribution in [3.05, 3.63) is 71.3 Å². The number of amides is 2. The summed E-state index contributed by atoms with van der Waals surface area (Å²) in [5.41, 5.74) is -0.269. The highest BCUT2D eigenvalue weighted by molar-refractivity contribution is 5.96. The van der Waals surface area contributed by atoms with Gasteiger partial charge in [0.25, 0.3) is 11.8 Å². The van der Waals surface area contributed by atoms with E-state index in [1.807, 2.05) is 6.07 Å². The quantitative estimate of drug-likeness (QED) is 0.823. The molecule has 0 saturated carbocycles. The number of nitrogens with zero attached hydrogens (tertiary/aromatic N) is 2. The third-order valence-electron chi connectivity index (χ3n) is 4.31. The van der Waals surface area contributed by atoms with Gasteiger partial charge in [0.15, 0.2) is 0 Å². The molecule has 7 heteroatoms. The fraction of sp³-hybridized carbons (Fsp3) is 0.263. The zero-order chi connectivity index (χ0) is 18.7. The van der Waals surface area contributed by atoms with E-state index in [-0.39, 0.29) is 24.6 Å². The van der Waals surface area contributed by atoms with Crippen molar-refractivity contribution in [1.82, 2.24) is 9.80 Å². The van der Waals surface area contributed by atoms with E-state index in [1.165, 1.54) is 17.0 Å². The molecule has 2 amide bonds. The maximum atomic E-state index is 12.8. The van der Waals surface area contributed by atoms with E-state index in [4.69, 9.17) is 0 Å². The molecule has 0 bridgehead atoms. The summed E-state index contributed by atoms with van der Waals surface area (Å²) in [5.74, 6) is -0.570. The van der Waals surface area contributed by atoms with Gasteiger partial charge in [0.05, 0.1) is 5.56 Å². The van der Waals surface area contributed by atoms with Crippen molar-refractivity contribution in [2.24, 2.45) is 0 Å². The Hall–Kier alpha value is -2.83. The van der Waals surface area contributed by atoms with Crippen molar-refractivity contribution < 1.29 is 22.8 Å². The van der Waals surface area contributed by atoms with Crippen LogP contribution in [0.15, 0.2) is 54.6 Å². The fourth-order valence-corrected chi connectivity index (χ4v) is 2.89. The maximum Gasteiger partial charge on any atom is 0.416 e. The number of hydrogen-bond acceptors (Lipinski definition) is 2. The molecule has 0 atom stereocenters. The number of benzene rings is 2. The number of carbonyl (C=O) groups is 2. The minimum absolute atomic E-state index is 0.00246. The first-order valence-electron chi connectivity index (χ1n) is 8.17. The molecule has 1 saturated heterocycles. The number of piperazine rings is 1. The lowest BCUT2D eigenvalue weighted by atomic mass is 10.1. The van der Waals surface area contributed by atoms with Gasteiger partial charge < -0.3 is 9.80 Å². The molecule has 2 aromatic carbocycles. The Balaban J connectivity index is 1.65. The lowest BCUT2D eigenvalue weighted by Gasteiger charge is -2.35. The highest BCUT2D eigenvalue weighted by atomic mass is 19.4. The number of carbonyl (C=O) groups excluding carboxylic acids is 2. The van der Waals surface area contributed by atoms with Crippen LogP contribution in [-0.2, 0) is 6.18 Å². The van der Waals surface area contributed by atoms with Crippen molar-refractivity contribution >= 4 is 11.8 Å². The first kappa shape index (κ1) is 18.0. The van der Waals surface area contributed by atoms with Gasteiger partial charge in [-0.05, 0) is 30.3 Å². The highest BCUT2D eigenvalue weighted by Gasteiger charge is 2.32. The smallest absolute Gasteiger partial charge is 0.335 e. The van der Waals surface area contributed by atoms with Gasteiger partial charge in [-0.25, -0.2) is 0 Å². The summed E-state index contributed by atoms with van der Waals surface area (Å²) in [5, 5.41) is 0. The number of halogens is 3. The van der Waals surface area contributed by atoms with Gasteiger partial charge in [-0.2, -0.15) is 13.2 Å². The second-order valence-corrected chi connectivity index (χ2v) is 6.03. The molecule has 26 heavy (non-hydrogen) atoms. The van der Waals surface area contributed by atoms with Crippen LogP contribution in [0.3, 0.4) is 0 Å². The van der Waals surface area contributed by atoms with E-state index < -0.39 is 17.6 Å². The normalized spacial score (nSPS) is 15.0. The molecule has 0 unspecified atom stereocenters. The molecule has 4 nitrogen and oxygen atoms in total. The van der Waals surface area contributed by atoms with Gasteiger partial charge in [0.2, 0.25) is 0 Å². The molecule has 136 valence electrons. The summed E-state index contributed by atoms with van der Waals surface area (Å²) < 4.78 is 38.4. The number of hydrogen-bond donors (Lipinski definition) is 0. The zero-order valence-electron chi connectivity index (χ0n) is 13.9. The lowest BCUT2D eigenvalue weighted by Crippen LogP contribution is -2.50. The molecular weight excluding hydrogens is 345 g/mol. The van der Waals surface area contributed by atoms with Crippen LogP contribution in [0, 0.1) is 0 Å². The van der Waals surface area contributed by atoms with Crippen molar-refractivity contribution in [1.29, 1.82) is 0 Å². The maximum absolute atomic E-state index is 12.8. The van der Waals surface area contributed by atoms with E-state index in [0.717, 1.165) is 12.1 Å². The Morgan fingerprint density at radius 2 is 1.23 bits per heavy atom. The predicted molar refractivity (Wildman–Crippen MR) is 89.7 cm³/mol. The minimum Gasteiger partial charge on any atom is -0.335 e. The van der Waals surface area contributed by atoms with Gasteiger partial charge in [-0.15, -0.1) is 0 Å². The second kappa shape index (κ2) is 7.19. The third-order valence-corrected chi connectivity index (χ3v) is 4.31. The van der Waals surface area contributed by atoms with E-state index in [1.54, 1.807) is 29.2 Å². The van der Waals surface area contributed by atoms with Gasteiger partial charge >= 0.3 is 6.18 Å². The minimum atomic E-state index is -4.49. The standard InChI is InChI=1S/C19H17F3N2O2/c20-19(21,22)16-8-4-7-15(13-16)18(26)24-11-9-23(10-12-24)17(25)14-5-2-1-3-6-14/h1-8,13H,9-12H2. The molecule has 0 aliphatic carbocycles. The Morgan fingerprint density at radius 1 is 0.731 bits per heavy atom. The molecule has 2 aromatic rings. The number of rotatable bonds is 2.